The zero-order valence-corrected chi connectivity index (χ0v) is 15.3. The van der Waals surface area contributed by atoms with Crippen LogP contribution in [-0.4, -0.2) is 62.4 Å². The van der Waals surface area contributed by atoms with Gasteiger partial charge in [-0.25, -0.2) is 8.42 Å². The van der Waals surface area contributed by atoms with Gasteiger partial charge in [0.2, 0.25) is 15.9 Å². The molecule has 0 N–H and O–H groups in total. The van der Waals surface area contributed by atoms with Gasteiger partial charge in [0.25, 0.3) is 0 Å². The van der Waals surface area contributed by atoms with Crippen molar-refractivity contribution in [3.8, 4) is 0 Å². The van der Waals surface area contributed by atoms with Crippen LogP contribution in [0.2, 0.25) is 10.0 Å². The molecule has 2 aliphatic heterocycles. The molecule has 2 saturated heterocycles. The first-order chi connectivity index (χ1) is 11.4. The number of hydrogen-bond donors (Lipinski definition) is 0. The lowest BCUT2D eigenvalue weighted by Crippen LogP contribution is -2.51. The lowest BCUT2D eigenvalue weighted by atomic mass is 10.2. The Morgan fingerprint density at radius 2 is 1.88 bits per heavy atom. The Hall–Kier alpha value is -0.860. The average Bonchev–Trinajstić information content (AvgIpc) is 3.08. The lowest BCUT2D eigenvalue weighted by Gasteiger charge is -2.32. The predicted octanol–water partition coefficient (Wildman–Crippen LogP) is 2.01. The van der Waals surface area contributed by atoms with Crippen LogP contribution >= 0.6 is 23.2 Å². The Morgan fingerprint density at radius 1 is 1.17 bits per heavy atom. The molecular formula is C15H18Cl2N2O4S. The number of carbonyl (C=O) groups excluding carboxylic acids is 1. The Balaban J connectivity index is 1.89. The summed E-state index contributed by atoms with van der Waals surface area (Å²) in [5, 5.41) is 0.164. The zero-order chi connectivity index (χ0) is 17.3. The van der Waals surface area contributed by atoms with Gasteiger partial charge in [0.15, 0.2) is 0 Å². The first kappa shape index (κ1) is 17.9. The predicted molar refractivity (Wildman–Crippen MR) is 90.8 cm³/mol. The normalized spacial score (nSPS) is 22.8. The molecule has 0 aromatic heterocycles. The molecule has 0 radical (unpaired) electrons. The van der Waals surface area contributed by atoms with Gasteiger partial charge in [-0.05, 0) is 25.0 Å². The number of rotatable bonds is 3. The van der Waals surface area contributed by atoms with Gasteiger partial charge >= 0.3 is 0 Å². The fourth-order valence-electron chi connectivity index (χ4n) is 3.08. The van der Waals surface area contributed by atoms with Gasteiger partial charge < -0.3 is 9.64 Å². The van der Waals surface area contributed by atoms with E-state index < -0.39 is 16.1 Å². The Labute approximate surface area is 151 Å². The van der Waals surface area contributed by atoms with E-state index in [0.717, 1.165) is 0 Å². The molecule has 0 spiro atoms. The van der Waals surface area contributed by atoms with Crippen molar-refractivity contribution in [1.29, 1.82) is 0 Å². The van der Waals surface area contributed by atoms with Crippen LogP contribution in [0.1, 0.15) is 12.8 Å². The van der Waals surface area contributed by atoms with Crippen LogP contribution in [0.25, 0.3) is 0 Å². The van der Waals surface area contributed by atoms with Crippen LogP contribution in [0.3, 0.4) is 0 Å². The molecule has 1 amide bonds. The molecule has 0 aliphatic carbocycles. The molecule has 2 fully saturated rings. The van der Waals surface area contributed by atoms with Crippen molar-refractivity contribution in [3.63, 3.8) is 0 Å². The van der Waals surface area contributed by atoms with E-state index in [9.17, 15) is 13.2 Å². The van der Waals surface area contributed by atoms with Crippen LogP contribution in [0.5, 0.6) is 0 Å². The third-order valence-electron chi connectivity index (χ3n) is 4.31. The molecule has 1 atom stereocenters. The summed E-state index contributed by atoms with van der Waals surface area (Å²) in [4.78, 5) is 14.4. The maximum atomic E-state index is 13.0. The van der Waals surface area contributed by atoms with E-state index in [2.05, 4.69) is 0 Å². The van der Waals surface area contributed by atoms with E-state index in [-0.39, 0.29) is 20.8 Å². The van der Waals surface area contributed by atoms with Crippen LogP contribution in [0.4, 0.5) is 0 Å². The van der Waals surface area contributed by atoms with Gasteiger partial charge in [-0.1, -0.05) is 29.3 Å². The number of nitrogens with zero attached hydrogens (tertiary/aromatic N) is 2. The highest BCUT2D eigenvalue weighted by Crippen LogP contribution is 2.34. The highest BCUT2D eigenvalue weighted by molar-refractivity contribution is 7.89. The first-order valence-electron chi connectivity index (χ1n) is 7.75. The molecule has 3 rings (SSSR count). The van der Waals surface area contributed by atoms with E-state index in [4.69, 9.17) is 27.9 Å². The summed E-state index contributed by atoms with van der Waals surface area (Å²) in [6, 6.07) is 3.79. The van der Waals surface area contributed by atoms with Crippen molar-refractivity contribution >= 4 is 39.1 Å². The van der Waals surface area contributed by atoms with E-state index in [1.165, 1.54) is 22.5 Å². The van der Waals surface area contributed by atoms with Crippen LogP contribution < -0.4 is 0 Å². The molecule has 2 heterocycles. The largest absolute Gasteiger partial charge is 0.378 e. The molecule has 9 heteroatoms. The van der Waals surface area contributed by atoms with Crippen molar-refractivity contribution in [2.24, 2.45) is 0 Å². The van der Waals surface area contributed by atoms with Crippen molar-refractivity contribution in [2.75, 3.05) is 32.8 Å². The fraction of sp³-hybridized carbons (Fsp3) is 0.533. The fourth-order valence-corrected chi connectivity index (χ4v) is 5.47. The number of sulfonamides is 1. The van der Waals surface area contributed by atoms with Gasteiger partial charge in [0.05, 0.1) is 23.3 Å². The summed E-state index contributed by atoms with van der Waals surface area (Å²) >= 11 is 12.0. The minimum Gasteiger partial charge on any atom is -0.378 e. The van der Waals surface area contributed by atoms with Gasteiger partial charge in [-0.15, -0.1) is 0 Å². The maximum absolute atomic E-state index is 13.0. The van der Waals surface area contributed by atoms with Crippen molar-refractivity contribution < 1.29 is 17.9 Å². The second kappa shape index (κ2) is 7.17. The minimum absolute atomic E-state index is 0.0105. The Morgan fingerprint density at radius 3 is 2.58 bits per heavy atom. The maximum Gasteiger partial charge on any atom is 0.245 e. The summed E-state index contributed by atoms with van der Waals surface area (Å²) < 4.78 is 32.5. The van der Waals surface area contributed by atoms with Crippen molar-refractivity contribution in [1.82, 2.24) is 9.21 Å². The quantitative estimate of drug-likeness (QED) is 0.788. The van der Waals surface area contributed by atoms with Crippen molar-refractivity contribution in [2.45, 2.75) is 23.8 Å². The van der Waals surface area contributed by atoms with E-state index in [1.54, 1.807) is 4.90 Å². The molecule has 2 aliphatic rings. The van der Waals surface area contributed by atoms with E-state index >= 15 is 0 Å². The number of ether oxygens (including phenoxy) is 1. The summed E-state index contributed by atoms with van der Waals surface area (Å²) in [7, 11) is -3.89. The second-order valence-electron chi connectivity index (χ2n) is 5.76. The number of morpholine rings is 1. The molecule has 1 aromatic carbocycles. The SMILES string of the molecule is O=C([C@H]1CCCN1S(=O)(=O)c1cccc(Cl)c1Cl)N1CCOCC1. The van der Waals surface area contributed by atoms with Crippen LogP contribution in [0, 0.1) is 0 Å². The smallest absolute Gasteiger partial charge is 0.245 e. The number of hydrogen-bond acceptors (Lipinski definition) is 4. The minimum atomic E-state index is -3.89. The lowest BCUT2D eigenvalue weighted by molar-refractivity contribution is -0.138. The molecular weight excluding hydrogens is 375 g/mol. The Kier molecular flexibility index (Phi) is 5.36. The first-order valence-corrected chi connectivity index (χ1v) is 9.95. The third-order valence-corrected chi connectivity index (χ3v) is 7.20. The molecule has 0 saturated carbocycles. The standard InChI is InChI=1S/C15H18Cl2N2O4S/c16-11-3-1-5-13(14(11)17)24(21,22)19-6-2-4-12(19)15(20)18-7-9-23-10-8-18/h1,3,5,12H,2,4,6-10H2/t12-/m1/s1. The summed E-state index contributed by atoms with van der Waals surface area (Å²) in [5.74, 6) is -0.169. The topological polar surface area (TPSA) is 66.9 Å². The van der Waals surface area contributed by atoms with Crippen LogP contribution in [0.15, 0.2) is 23.1 Å². The number of halogens is 2. The van der Waals surface area contributed by atoms with Gasteiger partial charge in [-0.2, -0.15) is 4.31 Å². The second-order valence-corrected chi connectivity index (χ2v) is 8.41. The van der Waals surface area contributed by atoms with Crippen LogP contribution in [-0.2, 0) is 19.6 Å². The summed E-state index contributed by atoms with van der Waals surface area (Å²) in [5.41, 5.74) is 0. The highest BCUT2D eigenvalue weighted by Gasteiger charge is 2.42. The molecule has 132 valence electrons. The van der Waals surface area contributed by atoms with Gasteiger partial charge in [-0.3, -0.25) is 4.79 Å². The average molecular weight is 393 g/mol. The van der Waals surface area contributed by atoms with E-state index in [0.29, 0.717) is 45.7 Å². The van der Waals surface area contributed by atoms with Crippen molar-refractivity contribution in [3.05, 3.63) is 28.2 Å². The Bertz CT molecular complexity index is 735. The molecule has 6 nitrogen and oxygen atoms in total. The number of benzene rings is 1. The molecule has 0 bridgehead atoms. The van der Waals surface area contributed by atoms with Gasteiger partial charge in [0.1, 0.15) is 10.9 Å². The number of carbonyl (C=O) groups is 1. The third kappa shape index (κ3) is 3.28. The molecule has 1 aromatic rings. The summed E-state index contributed by atoms with van der Waals surface area (Å²) in [6.07, 6.45) is 1.14. The zero-order valence-electron chi connectivity index (χ0n) is 13.0. The van der Waals surface area contributed by atoms with Gasteiger partial charge in [0, 0.05) is 19.6 Å². The summed E-state index contributed by atoms with van der Waals surface area (Å²) in [6.45, 7) is 2.23. The van der Waals surface area contributed by atoms with E-state index in [1.807, 2.05) is 0 Å². The number of amides is 1. The molecule has 0 unspecified atom stereocenters. The monoisotopic (exact) mass is 392 g/mol. The molecule has 24 heavy (non-hydrogen) atoms. The highest BCUT2D eigenvalue weighted by atomic mass is 35.5.